The number of hydrogen-bond acceptors (Lipinski definition) is 5. The van der Waals surface area contributed by atoms with Gasteiger partial charge in [0.1, 0.15) is 6.17 Å². The third-order valence-electron chi connectivity index (χ3n) is 4.44. The van der Waals surface area contributed by atoms with Gasteiger partial charge in [0.05, 0.1) is 21.3 Å². The first-order valence-electron chi connectivity index (χ1n) is 9.32. The van der Waals surface area contributed by atoms with Gasteiger partial charge in [-0.3, -0.25) is 4.79 Å². The molecule has 0 aliphatic carbocycles. The highest BCUT2D eigenvalue weighted by atomic mass is 35.6. The minimum absolute atomic E-state index is 0.165. The molecule has 32 heavy (non-hydrogen) atoms. The molecule has 7 nitrogen and oxygen atoms in total. The number of aryl methyl sites for hydroxylation is 2. The molecule has 0 bridgehead atoms. The number of methoxy groups -OCH3 is 3. The SMILES string of the molecule is COc1cc(C(=O)NC(NC(=S)Nc2ccc(C)cc2C)C(Cl)(Cl)Cl)cc(OC)c1OC. The van der Waals surface area contributed by atoms with Crippen LogP contribution in [0.5, 0.6) is 17.2 Å². The Labute approximate surface area is 207 Å². The Morgan fingerprint density at radius 2 is 1.56 bits per heavy atom. The molecule has 0 radical (unpaired) electrons. The maximum absolute atomic E-state index is 12.9. The van der Waals surface area contributed by atoms with Gasteiger partial charge in [0.2, 0.25) is 9.54 Å². The van der Waals surface area contributed by atoms with E-state index in [0.717, 1.165) is 16.8 Å². The number of nitrogens with one attached hydrogen (secondary N) is 3. The average molecular weight is 521 g/mol. The first-order valence-corrected chi connectivity index (χ1v) is 10.9. The zero-order valence-corrected chi connectivity index (χ0v) is 21.2. The number of rotatable bonds is 7. The van der Waals surface area contributed by atoms with Crippen LogP contribution in [-0.4, -0.2) is 42.3 Å². The third-order valence-corrected chi connectivity index (χ3v) is 5.31. The highest BCUT2D eigenvalue weighted by Gasteiger charge is 2.35. The fraction of sp³-hybridized carbons (Fsp3) is 0.333. The number of amides is 1. The van der Waals surface area contributed by atoms with Crippen LogP contribution in [0.4, 0.5) is 5.69 Å². The van der Waals surface area contributed by atoms with Crippen molar-refractivity contribution in [3.05, 3.63) is 47.0 Å². The zero-order chi connectivity index (χ0) is 24.1. The van der Waals surface area contributed by atoms with E-state index in [1.807, 2.05) is 32.0 Å². The lowest BCUT2D eigenvalue weighted by molar-refractivity contribution is 0.0933. The smallest absolute Gasteiger partial charge is 0.253 e. The summed E-state index contributed by atoms with van der Waals surface area (Å²) in [5.74, 6) is 0.411. The molecule has 0 aliphatic heterocycles. The van der Waals surface area contributed by atoms with Crippen LogP contribution >= 0.6 is 47.0 Å². The summed E-state index contributed by atoms with van der Waals surface area (Å²) in [6, 6.07) is 8.80. The predicted octanol–water partition coefficient (Wildman–Crippen LogP) is 4.74. The van der Waals surface area contributed by atoms with E-state index >= 15 is 0 Å². The van der Waals surface area contributed by atoms with Crippen LogP contribution in [-0.2, 0) is 0 Å². The van der Waals surface area contributed by atoms with Gasteiger partial charge in [-0.25, -0.2) is 0 Å². The maximum Gasteiger partial charge on any atom is 0.253 e. The molecule has 2 aromatic carbocycles. The van der Waals surface area contributed by atoms with Crippen molar-refractivity contribution in [2.24, 2.45) is 0 Å². The number of ether oxygens (including phenoxy) is 3. The standard InChI is InChI=1S/C21H24Cl3N3O4S/c1-11-6-7-14(12(2)8-11)25-20(32)27-19(21(22,23)24)26-18(28)13-9-15(29-3)17(31-5)16(10-13)30-4/h6-10,19H,1-5H3,(H,26,28)(H2,25,27,32). The van der Waals surface area contributed by atoms with E-state index in [1.54, 1.807) is 0 Å². The third kappa shape index (κ3) is 6.68. The lowest BCUT2D eigenvalue weighted by atomic mass is 10.1. The first kappa shape index (κ1) is 26.1. The molecule has 174 valence electrons. The summed E-state index contributed by atoms with van der Waals surface area (Å²) in [6.45, 7) is 3.93. The van der Waals surface area contributed by atoms with Gasteiger partial charge in [0.15, 0.2) is 16.6 Å². The lowest BCUT2D eigenvalue weighted by Crippen LogP contribution is -2.56. The Bertz CT molecular complexity index is 974. The Hall–Kier alpha value is -2.13. The van der Waals surface area contributed by atoms with Crippen LogP contribution in [0.2, 0.25) is 0 Å². The number of thiocarbonyl (C=S) groups is 1. The molecule has 1 unspecified atom stereocenters. The van der Waals surface area contributed by atoms with E-state index in [1.165, 1.54) is 33.5 Å². The molecule has 0 spiro atoms. The number of carbonyl (C=O) groups excluding carboxylic acids is 1. The summed E-state index contributed by atoms with van der Waals surface area (Å²) in [4.78, 5) is 12.9. The van der Waals surface area contributed by atoms with Gasteiger partial charge in [-0.1, -0.05) is 52.5 Å². The maximum atomic E-state index is 12.9. The summed E-state index contributed by atoms with van der Waals surface area (Å²) >= 11 is 23.6. The highest BCUT2D eigenvalue weighted by molar-refractivity contribution is 7.80. The summed E-state index contributed by atoms with van der Waals surface area (Å²) in [5.41, 5.74) is 3.09. The Morgan fingerprint density at radius 3 is 2.03 bits per heavy atom. The van der Waals surface area contributed by atoms with Gasteiger partial charge < -0.3 is 30.2 Å². The van der Waals surface area contributed by atoms with Crippen molar-refractivity contribution < 1.29 is 19.0 Å². The summed E-state index contributed by atoms with van der Waals surface area (Å²) in [5, 5.41) is 8.67. The van der Waals surface area contributed by atoms with Gasteiger partial charge in [0, 0.05) is 11.3 Å². The van der Waals surface area contributed by atoms with Crippen LogP contribution in [0, 0.1) is 13.8 Å². The van der Waals surface area contributed by atoms with Gasteiger partial charge in [-0.15, -0.1) is 0 Å². The molecule has 11 heteroatoms. The van der Waals surface area contributed by atoms with Crippen molar-refractivity contribution in [1.82, 2.24) is 10.6 Å². The van der Waals surface area contributed by atoms with Gasteiger partial charge in [-0.2, -0.15) is 0 Å². The van der Waals surface area contributed by atoms with Gasteiger partial charge >= 0.3 is 0 Å². The summed E-state index contributed by atoms with van der Waals surface area (Å²) in [6.07, 6.45) is -1.15. The first-order chi connectivity index (χ1) is 15.0. The monoisotopic (exact) mass is 519 g/mol. The molecule has 1 amide bonds. The van der Waals surface area contributed by atoms with Crippen LogP contribution < -0.4 is 30.2 Å². The van der Waals surface area contributed by atoms with E-state index in [2.05, 4.69) is 16.0 Å². The van der Waals surface area contributed by atoms with Crippen molar-refractivity contribution in [2.45, 2.75) is 23.8 Å². The minimum atomic E-state index is -1.91. The molecular weight excluding hydrogens is 497 g/mol. The second-order valence-corrected chi connectivity index (χ2v) is 9.56. The quantitative estimate of drug-likeness (QED) is 0.276. The van der Waals surface area contributed by atoms with E-state index < -0.39 is 15.9 Å². The Morgan fingerprint density at radius 1 is 0.969 bits per heavy atom. The topological polar surface area (TPSA) is 80.9 Å². The van der Waals surface area contributed by atoms with E-state index in [4.69, 9.17) is 61.2 Å². The summed E-state index contributed by atoms with van der Waals surface area (Å²) in [7, 11) is 4.36. The minimum Gasteiger partial charge on any atom is -0.493 e. The molecule has 0 aliphatic rings. The Kier molecular flexibility index (Phi) is 9.09. The number of alkyl halides is 3. The fourth-order valence-corrected chi connectivity index (χ4v) is 3.42. The highest BCUT2D eigenvalue weighted by Crippen LogP contribution is 2.38. The number of anilines is 1. The van der Waals surface area contributed by atoms with Crippen molar-refractivity contribution in [2.75, 3.05) is 26.6 Å². The van der Waals surface area contributed by atoms with E-state index in [9.17, 15) is 4.79 Å². The van der Waals surface area contributed by atoms with Crippen LogP contribution in [0.3, 0.4) is 0 Å². The van der Waals surface area contributed by atoms with Crippen LogP contribution in [0.15, 0.2) is 30.3 Å². The lowest BCUT2D eigenvalue weighted by Gasteiger charge is -2.28. The number of halogens is 3. The number of benzene rings is 2. The predicted molar refractivity (Wildman–Crippen MR) is 133 cm³/mol. The van der Waals surface area contributed by atoms with Crippen molar-refractivity contribution in [3.8, 4) is 17.2 Å². The number of hydrogen-bond donors (Lipinski definition) is 3. The largest absolute Gasteiger partial charge is 0.493 e. The summed E-state index contributed by atoms with van der Waals surface area (Å²) < 4.78 is 13.9. The van der Waals surface area contributed by atoms with Crippen molar-refractivity contribution in [3.63, 3.8) is 0 Å². The second-order valence-electron chi connectivity index (χ2n) is 6.78. The number of carbonyl (C=O) groups is 1. The molecule has 1 atom stereocenters. The normalized spacial score (nSPS) is 11.9. The molecule has 2 aromatic rings. The molecule has 0 fully saturated rings. The van der Waals surface area contributed by atoms with E-state index in [-0.39, 0.29) is 10.7 Å². The van der Waals surface area contributed by atoms with E-state index in [0.29, 0.717) is 17.2 Å². The van der Waals surface area contributed by atoms with Crippen LogP contribution in [0.25, 0.3) is 0 Å². The van der Waals surface area contributed by atoms with Crippen molar-refractivity contribution in [1.29, 1.82) is 0 Å². The molecule has 0 saturated carbocycles. The van der Waals surface area contributed by atoms with Gasteiger partial charge in [0.25, 0.3) is 5.91 Å². The molecule has 0 heterocycles. The molecule has 0 aromatic heterocycles. The fourth-order valence-electron chi connectivity index (χ4n) is 2.87. The second kappa shape index (κ2) is 11.1. The van der Waals surface area contributed by atoms with Crippen molar-refractivity contribution >= 4 is 63.7 Å². The molecule has 3 N–H and O–H groups in total. The van der Waals surface area contributed by atoms with Gasteiger partial charge in [-0.05, 0) is 49.8 Å². The average Bonchev–Trinajstić information content (AvgIpc) is 2.73. The zero-order valence-electron chi connectivity index (χ0n) is 18.1. The molecular formula is C21H24Cl3N3O4S. The molecule has 0 saturated heterocycles. The molecule has 2 rings (SSSR count). The van der Waals surface area contributed by atoms with Crippen LogP contribution in [0.1, 0.15) is 21.5 Å². The Balaban J connectivity index is 2.22.